The van der Waals surface area contributed by atoms with E-state index in [-0.39, 0.29) is 5.82 Å². The molecule has 0 spiro atoms. The summed E-state index contributed by atoms with van der Waals surface area (Å²) in [5.74, 6) is 0.902. The Labute approximate surface area is 110 Å². The number of halogens is 1. The Balaban J connectivity index is 2.47. The van der Waals surface area contributed by atoms with Crippen molar-refractivity contribution in [1.29, 1.82) is 0 Å². The molecule has 0 bridgehead atoms. The monoisotopic (exact) mass is 249 g/mol. The molecule has 0 saturated heterocycles. The molecule has 0 aliphatic heterocycles. The SMILES string of the molecule is Cc1cc(C)c(C2(N)CCC(C)CC2C)c(F)c1. The van der Waals surface area contributed by atoms with Gasteiger partial charge in [-0.25, -0.2) is 4.39 Å². The average molecular weight is 249 g/mol. The lowest BCUT2D eigenvalue weighted by Crippen LogP contribution is -2.47. The number of rotatable bonds is 1. The van der Waals surface area contributed by atoms with Gasteiger partial charge in [-0.05, 0) is 62.1 Å². The van der Waals surface area contributed by atoms with E-state index in [1.54, 1.807) is 6.07 Å². The Morgan fingerprint density at radius 2 is 1.94 bits per heavy atom. The molecule has 1 aliphatic carbocycles. The minimum atomic E-state index is -0.492. The van der Waals surface area contributed by atoms with Gasteiger partial charge in [0.25, 0.3) is 0 Å². The molecule has 0 amide bonds. The third-order valence-electron chi connectivity index (χ3n) is 4.58. The van der Waals surface area contributed by atoms with Crippen LogP contribution in [-0.2, 0) is 5.54 Å². The van der Waals surface area contributed by atoms with Crippen molar-refractivity contribution in [2.45, 2.75) is 52.5 Å². The van der Waals surface area contributed by atoms with E-state index in [1.165, 1.54) is 0 Å². The highest BCUT2D eigenvalue weighted by molar-refractivity contribution is 5.38. The predicted octanol–water partition coefficient (Wildman–Crippen LogP) is 4.05. The topological polar surface area (TPSA) is 26.0 Å². The first-order chi connectivity index (χ1) is 8.34. The third kappa shape index (κ3) is 2.18. The van der Waals surface area contributed by atoms with Crippen LogP contribution in [0.25, 0.3) is 0 Å². The molecule has 1 nitrogen and oxygen atoms in total. The van der Waals surface area contributed by atoms with Gasteiger partial charge in [0, 0.05) is 11.1 Å². The van der Waals surface area contributed by atoms with Gasteiger partial charge < -0.3 is 5.73 Å². The minimum absolute atomic E-state index is 0.128. The molecule has 1 fully saturated rings. The molecular weight excluding hydrogens is 225 g/mol. The molecule has 1 aromatic carbocycles. The summed E-state index contributed by atoms with van der Waals surface area (Å²) >= 11 is 0. The van der Waals surface area contributed by atoms with E-state index in [9.17, 15) is 4.39 Å². The fourth-order valence-corrected chi connectivity index (χ4v) is 3.54. The number of hydrogen-bond acceptors (Lipinski definition) is 1. The van der Waals surface area contributed by atoms with Crippen LogP contribution in [0, 0.1) is 31.5 Å². The van der Waals surface area contributed by atoms with Gasteiger partial charge in [0.1, 0.15) is 5.82 Å². The normalized spacial score (nSPS) is 32.6. The standard InChI is InChI=1S/C16H24FN/c1-10-5-6-16(18,13(4)8-10)15-12(3)7-11(2)9-14(15)17/h7,9-10,13H,5-6,8,18H2,1-4H3. The van der Waals surface area contributed by atoms with Crippen LogP contribution < -0.4 is 5.73 Å². The summed E-state index contributed by atoms with van der Waals surface area (Å²) in [6.07, 6.45) is 3.06. The van der Waals surface area contributed by atoms with E-state index in [2.05, 4.69) is 13.8 Å². The van der Waals surface area contributed by atoms with E-state index in [4.69, 9.17) is 5.73 Å². The van der Waals surface area contributed by atoms with Gasteiger partial charge in [0.2, 0.25) is 0 Å². The molecule has 3 unspecified atom stereocenters. The van der Waals surface area contributed by atoms with Crippen molar-refractivity contribution in [3.63, 3.8) is 0 Å². The number of benzene rings is 1. The predicted molar refractivity (Wildman–Crippen MR) is 73.9 cm³/mol. The van der Waals surface area contributed by atoms with E-state index in [0.29, 0.717) is 11.8 Å². The summed E-state index contributed by atoms with van der Waals surface area (Å²) in [5, 5.41) is 0. The zero-order valence-corrected chi connectivity index (χ0v) is 11.9. The summed E-state index contributed by atoms with van der Waals surface area (Å²) < 4.78 is 14.3. The molecule has 3 atom stereocenters. The highest BCUT2D eigenvalue weighted by Gasteiger charge is 2.40. The molecule has 100 valence electrons. The third-order valence-corrected chi connectivity index (χ3v) is 4.58. The van der Waals surface area contributed by atoms with Crippen LogP contribution in [0.15, 0.2) is 12.1 Å². The minimum Gasteiger partial charge on any atom is -0.321 e. The van der Waals surface area contributed by atoms with Crippen molar-refractivity contribution >= 4 is 0 Å². The molecule has 18 heavy (non-hydrogen) atoms. The Kier molecular flexibility index (Phi) is 3.50. The smallest absolute Gasteiger partial charge is 0.128 e. The van der Waals surface area contributed by atoms with Crippen molar-refractivity contribution in [2.24, 2.45) is 17.6 Å². The summed E-state index contributed by atoms with van der Waals surface area (Å²) in [7, 11) is 0. The molecule has 0 radical (unpaired) electrons. The van der Waals surface area contributed by atoms with Gasteiger partial charge in [-0.3, -0.25) is 0 Å². The first-order valence-corrected chi connectivity index (χ1v) is 6.90. The lowest BCUT2D eigenvalue weighted by Gasteiger charge is -2.43. The Bertz CT molecular complexity index is 431. The molecule has 2 heteroatoms. The lowest BCUT2D eigenvalue weighted by molar-refractivity contribution is 0.159. The molecule has 1 aliphatic rings. The maximum atomic E-state index is 14.3. The molecule has 0 heterocycles. The maximum absolute atomic E-state index is 14.3. The highest BCUT2D eigenvalue weighted by atomic mass is 19.1. The van der Waals surface area contributed by atoms with Gasteiger partial charge in [-0.2, -0.15) is 0 Å². The number of nitrogens with two attached hydrogens (primary N) is 1. The van der Waals surface area contributed by atoms with Gasteiger partial charge in [-0.15, -0.1) is 0 Å². The molecule has 2 rings (SSSR count). The largest absolute Gasteiger partial charge is 0.321 e. The van der Waals surface area contributed by atoms with E-state index < -0.39 is 5.54 Å². The van der Waals surface area contributed by atoms with Crippen LogP contribution in [0.1, 0.15) is 49.8 Å². The zero-order chi connectivity index (χ0) is 13.5. The van der Waals surface area contributed by atoms with Crippen LogP contribution in [0.5, 0.6) is 0 Å². The van der Waals surface area contributed by atoms with Gasteiger partial charge in [-0.1, -0.05) is 19.9 Å². The fraction of sp³-hybridized carbons (Fsp3) is 0.625. The van der Waals surface area contributed by atoms with Crippen molar-refractivity contribution in [2.75, 3.05) is 0 Å². The second-order valence-electron chi connectivity index (χ2n) is 6.26. The zero-order valence-electron chi connectivity index (χ0n) is 11.9. The molecule has 1 saturated carbocycles. The Hall–Kier alpha value is -0.890. The van der Waals surface area contributed by atoms with Crippen LogP contribution in [0.4, 0.5) is 4.39 Å². The number of aryl methyl sites for hydroxylation is 2. The molecule has 1 aromatic rings. The Morgan fingerprint density at radius 3 is 2.50 bits per heavy atom. The second kappa shape index (κ2) is 4.65. The molecule has 2 N–H and O–H groups in total. The van der Waals surface area contributed by atoms with Gasteiger partial charge in [0.15, 0.2) is 0 Å². The first kappa shape index (κ1) is 13.5. The maximum Gasteiger partial charge on any atom is 0.128 e. The van der Waals surface area contributed by atoms with Crippen molar-refractivity contribution in [1.82, 2.24) is 0 Å². The van der Waals surface area contributed by atoms with Gasteiger partial charge >= 0.3 is 0 Å². The van der Waals surface area contributed by atoms with Gasteiger partial charge in [0.05, 0.1) is 0 Å². The van der Waals surface area contributed by atoms with Crippen molar-refractivity contribution in [3.05, 3.63) is 34.6 Å². The molecule has 0 aromatic heterocycles. The lowest BCUT2D eigenvalue weighted by atomic mass is 9.66. The van der Waals surface area contributed by atoms with Crippen LogP contribution in [-0.4, -0.2) is 0 Å². The van der Waals surface area contributed by atoms with Crippen LogP contribution >= 0.6 is 0 Å². The van der Waals surface area contributed by atoms with E-state index in [0.717, 1.165) is 36.0 Å². The average Bonchev–Trinajstić information content (AvgIpc) is 2.23. The van der Waals surface area contributed by atoms with Crippen molar-refractivity contribution in [3.8, 4) is 0 Å². The highest BCUT2D eigenvalue weighted by Crippen LogP contribution is 2.43. The second-order valence-corrected chi connectivity index (χ2v) is 6.26. The Morgan fingerprint density at radius 1 is 1.28 bits per heavy atom. The summed E-state index contributed by atoms with van der Waals surface area (Å²) in [6, 6.07) is 3.65. The van der Waals surface area contributed by atoms with E-state index >= 15 is 0 Å². The quantitative estimate of drug-likeness (QED) is 0.798. The van der Waals surface area contributed by atoms with Crippen molar-refractivity contribution < 1.29 is 4.39 Å². The summed E-state index contributed by atoms with van der Waals surface area (Å²) in [6.45, 7) is 8.32. The summed E-state index contributed by atoms with van der Waals surface area (Å²) in [5.41, 5.74) is 8.81. The number of hydrogen-bond donors (Lipinski definition) is 1. The molecular formula is C16H24FN. The van der Waals surface area contributed by atoms with Crippen LogP contribution in [0.2, 0.25) is 0 Å². The van der Waals surface area contributed by atoms with E-state index in [1.807, 2.05) is 19.9 Å². The fourth-order valence-electron chi connectivity index (χ4n) is 3.54. The van der Waals surface area contributed by atoms with Crippen LogP contribution in [0.3, 0.4) is 0 Å². The summed E-state index contributed by atoms with van der Waals surface area (Å²) in [4.78, 5) is 0. The first-order valence-electron chi connectivity index (χ1n) is 6.90.